The quantitative estimate of drug-likeness (QED) is 0.298. The normalized spacial score (nSPS) is 19.3. The Bertz CT molecular complexity index is 477. The predicted octanol–water partition coefficient (Wildman–Crippen LogP) is 2.25. The number of carbonyl (C=O) groups excluding carboxylic acids is 1. The average molecular weight is 512 g/mol. The van der Waals surface area contributed by atoms with Gasteiger partial charge in [-0.2, -0.15) is 11.8 Å². The maximum Gasteiger partial charge on any atom is 0.225 e. The van der Waals surface area contributed by atoms with Gasteiger partial charge in [0.1, 0.15) is 0 Å². The van der Waals surface area contributed by atoms with Crippen LogP contribution in [0.15, 0.2) is 4.99 Å². The molecular formula is C19H38IN5OS. The van der Waals surface area contributed by atoms with Gasteiger partial charge < -0.3 is 15.5 Å². The lowest BCUT2D eigenvalue weighted by Crippen LogP contribution is -2.52. The van der Waals surface area contributed by atoms with Crippen molar-refractivity contribution in [3.8, 4) is 0 Å². The summed E-state index contributed by atoms with van der Waals surface area (Å²) in [5.41, 5.74) is 0. The number of carbonyl (C=O) groups is 1. The molecule has 0 radical (unpaired) electrons. The molecule has 0 aromatic carbocycles. The average Bonchev–Trinajstić information content (AvgIpc) is 2.59. The van der Waals surface area contributed by atoms with Gasteiger partial charge in [0.05, 0.1) is 6.54 Å². The zero-order valence-corrected chi connectivity index (χ0v) is 20.6. The van der Waals surface area contributed by atoms with Crippen molar-refractivity contribution in [2.24, 2.45) is 10.9 Å². The minimum atomic E-state index is 0. The molecular weight excluding hydrogens is 473 g/mol. The second-order valence-corrected chi connectivity index (χ2v) is 9.39. The first-order valence-electron chi connectivity index (χ1n) is 10.0. The van der Waals surface area contributed by atoms with Gasteiger partial charge in [-0.3, -0.25) is 14.7 Å². The van der Waals surface area contributed by atoms with Crippen LogP contribution < -0.4 is 10.6 Å². The maximum absolute atomic E-state index is 12.3. The molecule has 0 spiro atoms. The second-order valence-electron chi connectivity index (χ2n) is 7.88. The van der Waals surface area contributed by atoms with E-state index in [-0.39, 0.29) is 28.7 Å². The molecule has 8 heteroatoms. The van der Waals surface area contributed by atoms with Crippen LogP contribution in [0.25, 0.3) is 0 Å². The number of nitrogens with zero attached hydrogens (tertiary/aromatic N) is 3. The molecule has 2 rings (SSSR count). The molecule has 1 saturated heterocycles. The molecule has 2 fully saturated rings. The molecule has 1 heterocycles. The highest BCUT2D eigenvalue weighted by atomic mass is 127. The third kappa shape index (κ3) is 8.35. The van der Waals surface area contributed by atoms with Crippen LogP contribution >= 0.6 is 35.7 Å². The monoisotopic (exact) mass is 511 g/mol. The summed E-state index contributed by atoms with van der Waals surface area (Å²) in [4.78, 5) is 21.5. The van der Waals surface area contributed by atoms with Crippen molar-refractivity contribution in [2.75, 3.05) is 58.6 Å². The molecule has 2 N–H and O–H groups in total. The zero-order chi connectivity index (χ0) is 19.0. The third-order valence-electron chi connectivity index (χ3n) is 5.37. The Labute approximate surface area is 186 Å². The molecule has 1 aliphatic heterocycles. The molecule has 0 bridgehead atoms. The standard InChI is InChI=1S/C19H37N5OS.HI/c1-5-20-18(22-15-19(2,3)26-4)21-9-10-23-11-13-24(14-12-23)17(25)16-7-6-8-16;/h16H,5-15H2,1-4H3,(H2,20,21,22);1H. The Balaban J connectivity index is 0.00000364. The van der Waals surface area contributed by atoms with Crippen molar-refractivity contribution in [2.45, 2.75) is 44.8 Å². The van der Waals surface area contributed by atoms with Crippen molar-refractivity contribution in [3.05, 3.63) is 0 Å². The summed E-state index contributed by atoms with van der Waals surface area (Å²) in [6.07, 6.45) is 5.56. The number of hydrogen-bond donors (Lipinski definition) is 2. The Kier molecular flexibility index (Phi) is 11.4. The van der Waals surface area contributed by atoms with Gasteiger partial charge in [-0.05, 0) is 39.9 Å². The van der Waals surface area contributed by atoms with E-state index in [1.165, 1.54) is 6.42 Å². The van der Waals surface area contributed by atoms with Crippen LogP contribution in [0.5, 0.6) is 0 Å². The molecule has 1 saturated carbocycles. The van der Waals surface area contributed by atoms with Crippen molar-refractivity contribution < 1.29 is 4.79 Å². The van der Waals surface area contributed by atoms with Crippen molar-refractivity contribution >= 4 is 47.6 Å². The smallest absolute Gasteiger partial charge is 0.225 e. The maximum atomic E-state index is 12.3. The van der Waals surface area contributed by atoms with E-state index in [2.05, 4.69) is 47.5 Å². The number of guanidine groups is 1. The molecule has 27 heavy (non-hydrogen) atoms. The Morgan fingerprint density at radius 3 is 2.37 bits per heavy atom. The number of hydrogen-bond acceptors (Lipinski definition) is 4. The van der Waals surface area contributed by atoms with Gasteiger partial charge in [-0.15, -0.1) is 24.0 Å². The number of rotatable bonds is 8. The van der Waals surface area contributed by atoms with E-state index < -0.39 is 0 Å². The molecule has 0 atom stereocenters. The van der Waals surface area contributed by atoms with Crippen LogP contribution in [0.4, 0.5) is 0 Å². The highest BCUT2D eigenvalue weighted by molar-refractivity contribution is 14.0. The molecule has 1 aliphatic carbocycles. The number of aliphatic imine (C=N–C) groups is 1. The lowest BCUT2D eigenvalue weighted by molar-refractivity contribution is -0.139. The first kappa shape index (κ1) is 24.8. The van der Waals surface area contributed by atoms with E-state index >= 15 is 0 Å². The van der Waals surface area contributed by atoms with E-state index in [1.54, 1.807) is 0 Å². The second kappa shape index (κ2) is 12.4. The highest BCUT2D eigenvalue weighted by Crippen LogP contribution is 2.28. The van der Waals surface area contributed by atoms with Crippen molar-refractivity contribution in [1.82, 2.24) is 20.4 Å². The summed E-state index contributed by atoms with van der Waals surface area (Å²) < 4.78 is 0.158. The van der Waals surface area contributed by atoms with Crippen molar-refractivity contribution in [1.29, 1.82) is 0 Å². The Morgan fingerprint density at radius 2 is 1.85 bits per heavy atom. The number of nitrogens with one attached hydrogen (secondary N) is 2. The van der Waals surface area contributed by atoms with Crippen LogP contribution in [0.1, 0.15) is 40.0 Å². The molecule has 6 nitrogen and oxygen atoms in total. The first-order chi connectivity index (χ1) is 12.4. The summed E-state index contributed by atoms with van der Waals surface area (Å²) in [5.74, 6) is 1.62. The number of halogens is 1. The third-order valence-corrected chi connectivity index (χ3v) is 6.61. The largest absolute Gasteiger partial charge is 0.357 e. The van der Waals surface area contributed by atoms with E-state index in [4.69, 9.17) is 4.99 Å². The highest BCUT2D eigenvalue weighted by Gasteiger charge is 2.31. The summed E-state index contributed by atoms with van der Waals surface area (Å²) in [6.45, 7) is 13.8. The molecule has 0 aromatic heterocycles. The van der Waals surface area contributed by atoms with E-state index in [9.17, 15) is 4.79 Å². The SMILES string of the molecule is CCNC(=NCC(C)(C)SC)NCCN1CCN(C(=O)C2CCC2)CC1.I. The van der Waals surface area contributed by atoms with Crippen LogP contribution in [-0.4, -0.2) is 85.0 Å². The topological polar surface area (TPSA) is 60.0 Å². The van der Waals surface area contributed by atoms with Gasteiger partial charge in [0.2, 0.25) is 5.91 Å². The molecule has 158 valence electrons. The van der Waals surface area contributed by atoms with Crippen LogP contribution in [-0.2, 0) is 4.79 Å². The summed E-state index contributed by atoms with van der Waals surface area (Å²) in [5, 5.41) is 6.77. The fraction of sp³-hybridized carbons (Fsp3) is 0.895. The minimum Gasteiger partial charge on any atom is -0.357 e. The Hall–Kier alpha value is -0.220. The summed E-state index contributed by atoms with van der Waals surface area (Å²) in [6, 6.07) is 0. The molecule has 2 aliphatic rings. The number of amides is 1. The minimum absolute atomic E-state index is 0. The predicted molar refractivity (Wildman–Crippen MR) is 127 cm³/mol. The zero-order valence-electron chi connectivity index (χ0n) is 17.4. The van der Waals surface area contributed by atoms with Gasteiger partial charge in [-0.25, -0.2) is 0 Å². The van der Waals surface area contributed by atoms with E-state index in [1.807, 2.05) is 11.8 Å². The van der Waals surface area contributed by atoms with Gasteiger partial charge in [0.25, 0.3) is 0 Å². The van der Waals surface area contributed by atoms with Crippen LogP contribution in [0, 0.1) is 5.92 Å². The van der Waals surface area contributed by atoms with Gasteiger partial charge in [0.15, 0.2) is 5.96 Å². The fourth-order valence-electron chi connectivity index (χ4n) is 3.11. The summed E-state index contributed by atoms with van der Waals surface area (Å²) >= 11 is 1.84. The molecule has 0 aromatic rings. The van der Waals surface area contributed by atoms with Gasteiger partial charge in [-0.1, -0.05) is 6.42 Å². The Morgan fingerprint density at radius 1 is 1.19 bits per heavy atom. The van der Waals surface area contributed by atoms with E-state index in [0.29, 0.717) is 11.8 Å². The van der Waals surface area contributed by atoms with Crippen LogP contribution in [0.3, 0.4) is 0 Å². The first-order valence-corrected chi connectivity index (χ1v) is 11.3. The number of thioether (sulfide) groups is 1. The van der Waals surface area contributed by atoms with Gasteiger partial charge >= 0.3 is 0 Å². The van der Waals surface area contributed by atoms with Gasteiger partial charge in [0, 0.05) is 56.5 Å². The molecule has 0 unspecified atom stereocenters. The lowest BCUT2D eigenvalue weighted by atomic mass is 9.84. The van der Waals surface area contributed by atoms with E-state index in [0.717, 1.165) is 71.2 Å². The van der Waals surface area contributed by atoms with Crippen LogP contribution in [0.2, 0.25) is 0 Å². The summed E-state index contributed by atoms with van der Waals surface area (Å²) in [7, 11) is 0. The fourth-order valence-corrected chi connectivity index (χ4v) is 3.31. The lowest BCUT2D eigenvalue weighted by Gasteiger charge is -2.38. The number of piperazine rings is 1. The molecule has 1 amide bonds. The van der Waals surface area contributed by atoms with Crippen molar-refractivity contribution in [3.63, 3.8) is 0 Å².